The van der Waals surface area contributed by atoms with Crippen molar-refractivity contribution in [2.24, 2.45) is 0 Å². The van der Waals surface area contributed by atoms with Gasteiger partial charge in [0, 0.05) is 5.69 Å². The number of urea groups is 1. The zero-order chi connectivity index (χ0) is 15.3. The number of hydrogen-bond donors (Lipinski definition) is 4. The quantitative estimate of drug-likeness (QED) is 0.649. The van der Waals surface area contributed by atoms with Gasteiger partial charge in [-0.25, -0.2) is 9.59 Å². The van der Waals surface area contributed by atoms with Crippen LogP contribution in [0.15, 0.2) is 18.2 Å². The van der Waals surface area contributed by atoms with Crippen LogP contribution in [-0.2, 0) is 9.59 Å². The van der Waals surface area contributed by atoms with Gasteiger partial charge in [-0.05, 0) is 37.1 Å². The van der Waals surface area contributed by atoms with Crippen molar-refractivity contribution in [3.63, 3.8) is 0 Å². The topological polar surface area (TPSA) is 116 Å². The molecule has 4 N–H and O–H groups in total. The van der Waals surface area contributed by atoms with E-state index >= 15 is 0 Å². The van der Waals surface area contributed by atoms with Gasteiger partial charge in [-0.15, -0.1) is 0 Å². The van der Waals surface area contributed by atoms with E-state index in [0.717, 1.165) is 11.1 Å². The van der Waals surface area contributed by atoms with Crippen molar-refractivity contribution in [1.82, 2.24) is 5.32 Å². The van der Waals surface area contributed by atoms with E-state index in [1.807, 2.05) is 19.9 Å². The zero-order valence-electron chi connectivity index (χ0n) is 11.1. The van der Waals surface area contributed by atoms with Crippen molar-refractivity contribution < 1.29 is 24.6 Å². The molecule has 108 valence electrons. The fraction of sp³-hybridized carbons (Fsp3) is 0.308. The third kappa shape index (κ3) is 4.97. The highest BCUT2D eigenvalue weighted by Crippen LogP contribution is 2.13. The summed E-state index contributed by atoms with van der Waals surface area (Å²) in [4.78, 5) is 33.0. The molecule has 0 aliphatic carbocycles. The van der Waals surface area contributed by atoms with Crippen LogP contribution in [0.25, 0.3) is 0 Å². The highest BCUT2D eigenvalue weighted by atomic mass is 16.4. The minimum atomic E-state index is -1.47. The van der Waals surface area contributed by atoms with Gasteiger partial charge in [0.25, 0.3) is 0 Å². The molecule has 0 radical (unpaired) electrons. The molecule has 0 aliphatic rings. The largest absolute Gasteiger partial charge is 0.481 e. The molecular formula is C13H16N2O5. The van der Waals surface area contributed by atoms with Crippen LogP contribution in [0.3, 0.4) is 0 Å². The normalized spacial score (nSPS) is 11.5. The molecule has 0 spiro atoms. The first-order valence-electron chi connectivity index (χ1n) is 5.88. The maximum Gasteiger partial charge on any atom is 0.326 e. The molecule has 0 aliphatic heterocycles. The highest BCUT2D eigenvalue weighted by Gasteiger charge is 2.22. The third-order valence-corrected chi connectivity index (χ3v) is 2.46. The average molecular weight is 280 g/mol. The van der Waals surface area contributed by atoms with E-state index in [1.165, 1.54) is 0 Å². The van der Waals surface area contributed by atoms with Crippen molar-refractivity contribution >= 4 is 23.7 Å². The third-order valence-electron chi connectivity index (χ3n) is 2.46. The van der Waals surface area contributed by atoms with E-state index in [9.17, 15) is 14.4 Å². The van der Waals surface area contributed by atoms with Gasteiger partial charge in [-0.1, -0.05) is 6.07 Å². The van der Waals surface area contributed by atoms with E-state index in [0.29, 0.717) is 5.69 Å². The Morgan fingerprint density at radius 1 is 1.10 bits per heavy atom. The first kappa shape index (κ1) is 15.5. The van der Waals surface area contributed by atoms with Gasteiger partial charge in [0.15, 0.2) is 0 Å². The van der Waals surface area contributed by atoms with Gasteiger partial charge < -0.3 is 20.8 Å². The minimum Gasteiger partial charge on any atom is -0.481 e. The van der Waals surface area contributed by atoms with E-state index < -0.39 is 30.4 Å². The molecule has 0 fully saturated rings. The fourth-order valence-electron chi connectivity index (χ4n) is 1.75. The Morgan fingerprint density at radius 3 is 2.10 bits per heavy atom. The number of amides is 2. The molecule has 1 atom stereocenters. The van der Waals surface area contributed by atoms with Crippen LogP contribution < -0.4 is 10.6 Å². The number of carbonyl (C=O) groups is 3. The van der Waals surface area contributed by atoms with Crippen LogP contribution in [0, 0.1) is 13.8 Å². The fourth-order valence-corrected chi connectivity index (χ4v) is 1.75. The number of anilines is 1. The molecule has 0 aromatic heterocycles. The molecule has 7 nitrogen and oxygen atoms in total. The number of nitrogens with one attached hydrogen (secondary N) is 2. The van der Waals surface area contributed by atoms with E-state index in [4.69, 9.17) is 10.2 Å². The van der Waals surface area contributed by atoms with E-state index in [-0.39, 0.29) is 0 Å². The molecular weight excluding hydrogens is 264 g/mol. The number of benzene rings is 1. The number of hydrogen-bond acceptors (Lipinski definition) is 3. The maximum absolute atomic E-state index is 11.7. The predicted molar refractivity (Wildman–Crippen MR) is 71.7 cm³/mol. The summed E-state index contributed by atoms with van der Waals surface area (Å²) in [5.41, 5.74) is 2.40. The van der Waals surface area contributed by atoms with Gasteiger partial charge in [-0.3, -0.25) is 4.79 Å². The lowest BCUT2D eigenvalue weighted by Gasteiger charge is -2.14. The Kier molecular flexibility index (Phi) is 5.08. The Labute approximate surface area is 115 Å². The van der Waals surface area contributed by atoms with Crippen LogP contribution in [-0.4, -0.2) is 34.2 Å². The van der Waals surface area contributed by atoms with Crippen molar-refractivity contribution in [3.05, 3.63) is 29.3 Å². The van der Waals surface area contributed by atoms with E-state index in [2.05, 4.69) is 10.6 Å². The molecule has 1 aromatic carbocycles. The molecule has 7 heteroatoms. The SMILES string of the molecule is Cc1cc(C)cc(NC(=O)N[C@@H](CC(=O)O)C(=O)O)c1. The van der Waals surface area contributed by atoms with E-state index in [1.54, 1.807) is 12.1 Å². The van der Waals surface area contributed by atoms with Gasteiger partial charge in [0.2, 0.25) is 0 Å². The minimum absolute atomic E-state index is 0.513. The molecule has 0 heterocycles. The lowest BCUT2D eigenvalue weighted by atomic mass is 10.1. The molecule has 2 amide bonds. The second-order valence-corrected chi connectivity index (χ2v) is 4.46. The summed E-state index contributed by atoms with van der Waals surface area (Å²) >= 11 is 0. The molecule has 1 rings (SSSR count). The monoisotopic (exact) mass is 280 g/mol. The Morgan fingerprint density at radius 2 is 1.65 bits per heavy atom. The molecule has 0 saturated carbocycles. The van der Waals surface area contributed by atoms with Crippen LogP contribution >= 0.6 is 0 Å². The highest BCUT2D eigenvalue weighted by molar-refractivity contribution is 5.93. The number of carbonyl (C=O) groups excluding carboxylic acids is 1. The summed E-state index contributed by atoms with van der Waals surface area (Å²) in [5, 5.41) is 22.0. The molecule has 0 saturated heterocycles. The standard InChI is InChI=1S/C13H16N2O5/c1-7-3-8(2)5-9(4-7)14-13(20)15-10(12(18)19)6-11(16)17/h3-5,10H,6H2,1-2H3,(H,16,17)(H,18,19)(H2,14,15,20)/t10-/m0/s1. The number of carboxylic acids is 2. The van der Waals surface area contributed by atoms with Crippen LogP contribution in [0.5, 0.6) is 0 Å². The Hall–Kier alpha value is -2.57. The van der Waals surface area contributed by atoms with Gasteiger partial charge >= 0.3 is 18.0 Å². The van der Waals surface area contributed by atoms with Crippen molar-refractivity contribution in [3.8, 4) is 0 Å². The summed E-state index contributed by atoms with van der Waals surface area (Å²) in [5.74, 6) is -2.70. The summed E-state index contributed by atoms with van der Waals surface area (Å²) in [6.07, 6.45) is -0.685. The number of aryl methyl sites for hydroxylation is 2. The Bertz CT molecular complexity index is 521. The number of carboxylic acid groups (broad SMARTS) is 2. The predicted octanol–water partition coefficient (Wildman–Crippen LogP) is 1.35. The van der Waals surface area contributed by atoms with Gasteiger partial charge in [-0.2, -0.15) is 0 Å². The first-order chi connectivity index (χ1) is 9.27. The van der Waals surface area contributed by atoms with Crippen molar-refractivity contribution in [1.29, 1.82) is 0 Å². The van der Waals surface area contributed by atoms with Crippen LogP contribution in [0.2, 0.25) is 0 Å². The average Bonchev–Trinajstić information content (AvgIpc) is 2.25. The lowest BCUT2D eigenvalue weighted by molar-refractivity contribution is -0.145. The lowest BCUT2D eigenvalue weighted by Crippen LogP contribution is -2.44. The summed E-state index contributed by atoms with van der Waals surface area (Å²) in [7, 11) is 0. The zero-order valence-corrected chi connectivity index (χ0v) is 11.1. The first-order valence-corrected chi connectivity index (χ1v) is 5.88. The van der Waals surface area contributed by atoms with Gasteiger partial charge in [0.05, 0.1) is 6.42 Å². The second-order valence-electron chi connectivity index (χ2n) is 4.46. The van der Waals surface area contributed by atoms with Crippen LogP contribution in [0.1, 0.15) is 17.5 Å². The second kappa shape index (κ2) is 6.55. The van der Waals surface area contributed by atoms with Crippen LogP contribution in [0.4, 0.5) is 10.5 Å². The maximum atomic E-state index is 11.7. The summed E-state index contributed by atoms with van der Waals surface area (Å²) in [6, 6.07) is 3.13. The number of aliphatic carboxylic acids is 2. The van der Waals surface area contributed by atoms with Gasteiger partial charge in [0.1, 0.15) is 6.04 Å². The van der Waals surface area contributed by atoms with Crippen molar-refractivity contribution in [2.45, 2.75) is 26.3 Å². The molecule has 0 bridgehead atoms. The molecule has 0 unspecified atom stereocenters. The smallest absolute Gasteiger partial charge is 0.326 e. The molecule has 20 heavy (non-hydrogen) atoms. The number of rotatable bonds is 5. The van der Waals surface area contributed by atoms with Crippen molar-refractivity contribution in [2.75, 3.05) is 5.32 Å². The Balaban J connectivity index is 2.70. The summed E-state index contributed by atoms with van der Waals surface area (Å²) < 4.78 is 0. The molecule has 1 aromatic rings. The summed E-state index contributed by atoms with van der Waals surface area (Å²) in [6.45, 7) is 3.72.